The van der Waals surface area contributed by atoms with E-state index in [-0.39, 0.29) is 0 Å². The van der Waals surface area contributed by atoms with Gasteiger partial charge in [0, 0.05) is 32.0 Å². The van der Waals surface area contributed by atoms with Gasteiger partial charge >= 0.3 is 0 Å². The Morgan fingerprint density at radius 1 is 1.12 bits per heavy atom. The average molecular weight is 350 g/mol. The summed E-state index contributed by atoms with van der Waals surface area (Å²) >= 11 is 0. The van der Waals surface area contributed by atoms with Crippen molar-refractivity contribution in [1.29, 1.82) is 0 Å². The van der Waals surface area contributed by atoms with Crippen LogP contribution in [0.4, 0.5) is 5.82 Å². The molecule has 0 radical (unpaired) electrons. The first-order valence-electron chi connectivity index (χ1n) is 8.93. The second-order valence-electron chi connectivity index (χ2n) is 6.67. The van der Waals surface area contributed by atoms with Crippen molar-refractivity contribution >= 4 is 5.82 Å². The smallest absolute Gasteiger partial charge is 0.147 e. The third-order valence-corrected chi connectivity index (χ3v) is 4.89. The third kappa shape index (κ3) is 3.72. The molecular formula is C19H22N6O. The summed E-state index contributed by atoms with van der Waals surface area (Å²) in [6.07, 6.45) is 8.52. The number of anilines is 1. The molecule has 2 aromatic heterocycles. The second-order valence-corrected chi connectivity index (χ2v) is 6.67. The third-order valence-electron chi connectivity index (χ3n) is 4.89. The fourth-order valence-electron chi connectivity index (χ4n) is 3.40. The minimum atomic E-state index is -0.733. The number of rotatable bonds is 5. The van der Waals surface area contributed by atoms with Crippen LogP contribution in [0.3, 0.4) is 0 Å². The van der Waals surface area contributed by atoms with Crippen LogP contribution in [0.2, 0.25) is 0 Å². The van der Waals surface area contributed by atoms with Crippen molar-refractivity contribution in [3.63, 3.8) is 0 Å². The van der Waals surface area contributed by atoms with E-state index in [1.807, 2.05) is 47.4 Å². The van der Waals surface area contributed by atoms with Crippen LogP contribution in [0.25, 0.3) is 0 Å². The van der Waals surface area contributed by atoms with Crippen molar-refractivity contribution in [3.8, 4) is 0 Å². The average Bonchev–Trinajstić information content (AvgIpc) is 3.18. The first kappa shape index (κ1) is 16.7. The van der Waals surface area contributed by atoms with Gasteiger partial charge in [-0.15, -0.1) is 5.10 Å². The molecule has 3 heterocycles. The van der Waals surface area contributed by atoms with E-state index in [1.54, 1.807) is 12.4 Å². The lowest BCUT2D eigenvalue weighted by molar-refractivity contribution is 0.215. The van der Waals surface area contributed by atoms with Crippen molar-refractivity contribution in [2.45, 2.75) is 25.5 Å². The predicted octanol–water partition coefficient (Wildman–Crippen LogP) is 2.07. The quantitative estimate of drug-likeness (QED) is 0.759. The Morgan fingerprint density at radius 3 is 2.65 bits per heavy atom. The van der Waals surface area contributed by atoms with E-state index in [1.165, 1.54) is 0 Å². The molecule has 0 bridgehead atoms. The second kappa shape index (κ2) is 7.61. The molecule has 7 nitrogen and oxygen atoms in total. The Morgan fingerprint density at radius 2 is 1.92 bits per heavy atom. The van der Waals surface area contributed by atoms with Crippen molar-refractivity contribution in [2.24, 2.45) is 5.92 Å². The van der Waals surface area contributed by atoms with E-state index in [2.05, 4.69) is 25.2 Å². The highest BCUT2D eigenvalue weighted by Gasteiger charge is 2.22. The monoisotopic (exact) mass is 350 g/mol. The molecule has 0 unspecified atom stereocenters. The maximum absolute atomic E-state index is 10.4. The summed E-state index contributed by atoms with van der Waals surface area (Å²) in [4.78, 5) is 10.8. The Bertz CT molecular complexity index is 814. The summed E-state index contributed by atoms with van der Waals surface area (Å²) < 4.78 is 1.85. The van der Waals surface area contributed by atoms with Crippen LogP contribution in [0.15, 0.2) is 55.1 Å². The number of benzene rings is 1. The molecule has 26 heavy (non-hydrogen) atoms. The Labute approximate surface area is 152 Å². The summed E-state index contributed by atoms with van der Waals surface area (Å²) in [6, 6.07) is 9.54. The van der Waals surface area contributed by atoms with Crippen molar-refractivity contribution < 1.29 is 5.11 Å². The van der Waals surface area contributed by atoms with Gasteiger partial charge in [0.1, 0.15) is 17.6 Å². The van der Waals surface area contributed by atoms with E-state index in [0.29, 0.717) is 11.6 Å². The number of aromatic nitrogens is 5. The van der Waals surface area contributed by atoms with Gasteiger partial charge in [-0.25, -0.2) is 4.98 Å². The molecule has 0 amide bonds. The molecule has 0 aliphatic carbocycles. The summed E-state index contributed by atoms with van der Waals surface area (Å²) in [6.45, 7) is 2.76. The highest BCUT2D eigenvalue weighted by atomic mass is 16.3. The van der Waals surface area contributed by atoms with Gasteiger partial charge in [-0.3, -0.25) is 9.67 Å². The number of hydrogen-bond acceptors (Lipinski definition) is 6. The summed E-state index contributed by atoms with van der Waals surface area (Å²) in [5.41, 5.74) is 1.42. The fourth-order valence-corrected chi connectivity index (χ4v) is 3.40. The normalized spacial score (nSPS) is 16.6. The van der Waals surface area contributed by atoms with E-state index < -0.39 is 6.10 Å². The molecule has 1 aliphatic heterocycles. The van der Waals surface area contributed by atoms with E-state index >= 15 is 0 Å². The van der Waals surface area contributed by atoms with Gasteiger partial charge in [-0.05, 0) is 24.3 Å². The number of hydrogen-bond donors (Lipinski definition) is 1. The highest BCUT2D eigenvalue weighted by molar-refractivity contribution is 5.35. The molecule has 1 fully saturated rings. The van der Waals surface area contributed by atoms with Crippen LogP contribution in [-0.4, -0.2) is 43.2 Å². The first-order valence-corrected chi connectivity index (χ1v) is 8.93. The molecule has 0 saturated carbocycles. The van der Waals surface area contributed by atoms with Crippen molar-refractivity contribution in [1.82, 2.24) is 25.0 Å². The van der Waals surface area contributed by atoms with Crippen molar-refractivity contribution in [3.05, 3.63) is 66.4 Å². The SMILES string of the molecule is O[C@@H](c1ccccc1)c1cn(CC2CCN(c3cnccn3)CC2)nn1. The first-order chi connectivity index (χ1) is 12.8. The molecule has 1 N–H and O–H groups in total. The molecule has 7 heteroatoms. The molecule has 0 spiro atoms. The summed E-state index contributed by atoms with van der Waals surface area (Å²) in [5.74, 6) is 1.49. The van der Waals surface area contributed by atoms with Crippen LogP contribution in [0.1, 0.15) is 30.2 Å². The molecule has 1 aliphatic rings. The molecular weight excluding hydrogens is 328 g/mol. The topological polar surface area (TPSA) is 80.0 Å². The van der Waals surface area contributed by atoms with Crippen LogP contribution in [0.5, 0.6) is 0 Å². The van der Waals surface area contributed by atoms with Crippen LogP contribution in [-0.2, 0) is 6.54 Å². The van der Waals surface area contributed by atoms with Gasteiger partial charge in [-0.1, -0.05) is 35.5 Å². The maximum Gasteiger partial charge on any atom is 0.147 e. The largest absolute Gasteiger partial charge is 0.382 e. The van der Waals surface area contributed by atoms with E-state index in [4.69, 9.17) is 0 Å². The minimum absolute atomic E-state index is 0.548. The van der Waals surface area contributed by atoms with Crippen molar-refractivity contribution in [2.75, 3.05) is 18.0 Å². The van der Waals surface area contributed by atoms with Crippen LogP contribution >= 0.6 is 0 Å². The van der Waals surface area contributed by atoms with Gasteiger partial charge in [-0.2, -0.15) is 0 Å². The van der Waals surface area contributed by atoms with Gasteiger partial charge in [0.15, 0.2) is 0 Å². The van der Waals surface area contributed by atoms with Gasteiger partial charge in [0.2, 0.25) is 0 Å². The number of piperidine rings is 1. The van der Waals surface area contributed by atoms with E-state index in [9.17, 15) is 5.11 Å². The van der Waals surface area contributed by atoms with Crippen LogP contribution < -0.4 is 4.90 Å². The highest BCUT2D eigenvalue weighted by Crippen LogP contribution is 2.23. The molecule has 134 valence electrons. The zero-order valence-corrected chi connectivity index (χ0v) is 14.5. The van der Waals surface area contributed by atoms with Crippen LogP contribution in [0, 0.1) is 5.92 Å². The minimum Gasteiger partial charge on any atom is -0.382 e. The Balaban J connectivity index is 1.34. The molecule has 1 atom stereocenters. The lowest BCUT2D eigenvalue weighted by Gasteiger charge is -2.32. The zero-order valence-electron chi connectivity index (χ0n) is 14.5. The standard InChI is InChI=1S/C19H22N6O/c26-19(16-4-2-1-3-5-16)17-14-25(23-22-17)13-15-6-10-24(11-7-15)18-12-20-8-9-21-18/h1-5,8-9,12,14-15,19,26H,6-7,10-11,13H2/t19-/m0/s1. The number of aliphatic hydroxyl groups excluding tert-OH is 1. The molecule has 1 saturated heterocycles. The number of nitrogens with zero attached hydrogens (tertiary/aromatic N) is 6. The predicted molar refractivity (Wildman–Crippen MR) is 97.5 cm³/mol. The van der Waals surface area contributed by atoms with Gasteiger partial charge < -0.3 is 10.0 Å². The number of aliphatic hydroxyl groups is 1. The Hall–Kier alpha value is -2.80. The Kier molecular flexibility index (Phi) is 4.88. The molecule has 4 rings (SSSR count). The molecule has 1 aromatic carbocycles. The summed E-state index contributed by atoms with van der Waals surface area (Å²) in [7, 11) is 0. The molecule has 3 aromatic rings. The summed E-state index contributed by atoms with van der Waals surface area (Å²) in [5, 5.41) is 18.8. The maximum atomic E-state index is 10.4. The lowest BCUT2D eigenvalue weighted by atomic mass is 9.97. The van der Waals surface area contributed by atoms with Gasteiger partial charge in [0.25, 0.3) is 0 Å². The lowest BCUT2D eigenvalue weighted by Crippen LogP contribution is -2.35. The van der Waals surface area contributed by atoms with E-state index in [0.717, 1.165) is 43.9 Å². The van der Waals surface area contributed by atoms with Gasteiger partial charge in [0.05, 0.1) is 12.4 Å². The zero-order chi connectivity index (χ0) is 17.8. The fraction of sp³-hybridized carbons (Fsp3) is 0.368.